The second-order valence-electron chi connectivity index (χ2n) is 2.68. The van der Waals surface area contributed by atoms with Crippen LogP contribution in [0.25, 0.3) is 0 Å². The fourth-order valence-corrected chi connectivity index (χ4v) is 1.42. The van der Waals surface area contributed by atoms with E-state index >= 15 is 0 Å². The molecule has 15 heavy (non-hydrogen) atoms. The molecular weight excluding hydrogens is 298 g/mol. The molecule has 0 heterocycles. The molecule has 2 nitrogen and oxygen atoms in total. The molecule has 0 radical (unpaired) electrons. The van der Waals surface area contributed by atoms with E-state index in [0.717, 1.165) is 0 Å². The molecule has 2 N–H and O–H groups in total. The fourth-order valence-electron chi connectivity index (χ4n) is 0.955. The van der Waals surface area contributed by atoms with Crippen LogP contribution in [0.2, 0.25) is 0 Å². The number of anilines is 1. The summed E-state index contributed by atoms with van der Waals surface area (Å²) in [5.74, 6) is -0.329. The molecule has 0 saturated heterocycles. The molecule has 1 aromatic rings. The molecule has 1 aromatic carbocycles. The van der Waals surface area contributed by atoms with Gasteiger partial charge in [0.15, 0.2) is 0 Å². The van der Waals surface area contributed by atoms with Gasteiger partial charge in [-0.05, 0) is 33.6 Å². The van der Waals surface area contributed by atoms with Gasteiger partial charge in [-0.1, -0.05) is 0 Å². The van der Waals surface area contributed by atoms with Crippen LogP contribution >= 0.6 is 27.5 Å². The number of benzene rings is 1. The van der Waals surface area contributed by atoms with E-state index in [2.05, 4.69) is 20.7 Å². The lowest BCUT2D eigenvalue weighted by Crippen LogP contribution is -2.17. The van der Waals surface area contributed by atoms with E-state index in [4.69, 9.17) is 17.3 Å². The van der Waals surface area contributed by atoms with Crippen LogP contribution in [0.3, 0.4) is 0 Å². The Labute approximate surface area is 97.3 Å². The zero-order valence-corrected chi connectivity index (χ0v) is 9.58. The van der Waals surface area contributed by atoms with Crippen molar-refractivity contribution in [3.05, 3.63) is 22.2 Å². The number of alkyl halides is 4. The second-order valence-corrected chi connectivity index (χ2v) is 3.74. The average Bonchev–Trinajstić information content (AvgIpc) is 2.10. The maximum Gasteiger partial charge on any atom is 0.573 e. The van der Waals surface area contributed by atoms with Gasteiger partial charge in [-0.25, -0.2) is 0 Å². The molecule has 0 atom stereocenters. The molecule has 1 rings (SSSR count). The minimum atomic E-state index is -4.75. The Balaban J connectivity index is 3.11. The highest BCUT2D eigenvalue weighted by Gasteiger charge is 2.32. The molecule has 0 fully saturated rings. The van der Waals surface area contributed by atoms with Crippen molar-refractivity contribution in [2.24, 2.45) is 0 Å². The number of halogens is 5. The summed E-state index contributed by atoms with van der Waals surface area (Å²) in [6, 6.07) is 2.65. The van der Waals surface area contributed by atoms with Crippen molar-refractivity contribution < 1.29 is 17.9 Å². The highest BCUT2D eigenvalue weighted by molar-refractivity contribution is 9.10. The van der Waals surface area contributed by atoms with Crippen LogP contribution in [0, 0.1) is 0 Å². The summed E-state index contributed by atoms with van der Waals surface area (Å²) in [7, 11) is 0. The Kier molecular flexibility index (Phi) is 3.72. The van der Waals surface area contributed by atoms with E-state index in [-0.39, 0.29) is 16.0 Å². The van der Waals surface area contributed by atoms with Crippen molar-refractivity contribution in [1.29, 1.82) is 0 Å². The molecule has 0 bridgehead atoms. The van der Waals surface area contributed by atoms with Gasteiger partial charge >= 0.3 is 6.36 Å². The van der Waals surface area contributed by atoms with Crippen molar-refractivity contribution in [2.45, 2.75) is 12.2 Å². The number of hydrogen-bond acceptors (Lipinski definition) is 2. The summed E-state index contributed by atoms with van der Waals surface area (Å²) in [4.78, 5) is 0. The highest BCUT2D eigenvalue weighted by atomic mass is 79.9. The van der Waals surface area contributed by atoms with Gasteiger partial charge in [0.25, 0.3) is 0 Å². The van der Waals surface area contributed by atoms with Gasteiger partial charge in [-0.2, -0.15) is 0 Å². The smallest absolute Gasteiger partial charge is 0.404 e. The zero-order chi connectivity index (χ0) is 11.6. The van der Waals surface area contributed by atoms with Gasteiger partial charge in [-0.15, -0.1) is 24.8 Å². The Morgan fingerprint density at radius 2 is 2.00 bits per heavy atom. The largest absolute Gasteiger partial charge is 0.573 e. The zero-order valence-electron chi connectivity index (χ0n) is 7.24. The highest BCUT2D eigenvalue weighted by Crippen LogP contribution is 2.35. The molecule has 7 heteroatoms. The van der Waals surface area contributed by atoms with Gasteiger partial charge in [0, 0.05) is 11.6 Å². The average molecular weight is 304 g/mol. The predicted octanol–water partition coefficient (Wildman–Crippen LogP) is 3.67. The number of rotatable bonds is 2. The third-order valence-electron chi connectivity index (χ3n) is 1.51. The van der Waals surface area contributed by atoms with Crippen molar-refractivity contribution in [3.63, 3.8) is 0 Å². The summed E-state index contributed by atoms with van der Waals surface area (Å²) in [6.45, 7) is 0. The number of nitrogens with two attached hydrogens (primary N) is 1. The topological polar surface area (TPSA) is 35.2 Å². The first-order valence-electron chi connectivity index (χ1n) is 3.73. The van der Waals surface area contributed by atoms with E-state index in [1.54, 1.807) is 0 Å². The van der Waals surface area contributed by atoms with Crippen LogP contribution in [0.4, 0.5) is 18.9 Å². The predicted molar refractivity (Wildman–Crippen MR) is 54.8 cm³/mol. The lowest BCUT2D eigenvalue weighted by Gasteiger charge is -2.12. The van der Waals surface area contributed by atoms with Crippen LogP contribution in [-0.2, 0) is 5.88 Å². The van der Waals surface area contributed by atoms with Crippen LogP contribution < -0.4 is 10.5 Å². The lowest BCUT2D eigenvalue weighted by molar-refractivity contribution is -0.274. The molecule has 0 spiro atoms. The van der Waals surface area contributed by atoms with Crippen LogP contribution in [0.15, 0.2) is 16.6 Å². The molecule has 0 saturated carbocycles. The summed E-state index contributed by atoms with van der Waals surface area (Å²) in [5.41, 5.74) is 6.06. The Morgan fingerprint density at radius 3 is 2.47 bits per heavy atom. The van der Waals surface area contributed by atoms with Crippen molar-refractivity contribution in [2.75, 3.05) is 5.73 Å². The molecule has 84 valence electrons. The number of ether oxygens (including phenoxy) is 1. The maximum atomic E-state index is 12.0. The van der Waals surface area contributed by atoms with Crippen LogP contribution in [0.1, 0.15) is 5.56 Å². The standard InChI is InChI=1S/C8H6BrClF3NO/c9-7-5(14)1-4(3-10)2-6(7)15-8(11,12)13/h1-2H,3,14H2. The Bertz CT molecular complexity index is 370. The molecular formula is C8H6BrClF3NO. The number of nitrogen functional groups attached to an aromatic ring is 1. The van der Waals surface area contributed by atoms with E-state index < -0.39 is 12.1 Å². The molecule has 0 aliphatic heterocycles. The number of hydrogen-bond donors (Lipinski definition) is 1. The normalized spacial score (nSPS) is 11.5. The molecule has 0 aliphatic rings. The monoisotopic (exact) mass is 303 g/mol. The van der Waals surface area contributed by atoms with Crippen molar-refractivity contribution >= 4 is 33.2 Å². The van der Waals surface area contributed by atoms with Crippen molar-refractivity contribution in [3.8, 4) is 5.75 Å². The summed E-state index contributed by atoms with van der Waals surface area (Å²) in [6.07, 6.45) is -4.75. The van der Waals surface area contributed by atoms with Gasteiger partial charge in [0.2, 0.25) is 0 Å². The van der Waals surface area contributed by atoms with Gasteiger partial charge in [-0.3, -0.25) is 0 Å². The quantitative estimate of drug-likeness (QED) is 0.668. The first kappa shape index (κ1) is 12.4. The minimum absolute atomic E-state index is 0.0612. The third kappa shape index (κ3) is 3.46. The van der Waals surface area contributed by atoms with E-state index in [1.807, 2.05) is 0 Å². The first-order valence-corrected chi connectivity index (χ1v) is 5.06. The SMILES string of the molecule is Nc1cc(CCl)cc(OC(F)(F)F)c1Br. The molecule has 0 unspecified atom stereocenters. The summed E-state index contributed by atoms with van der Waals surface area (Å²) < 4.78 is 39.7. The summed E-state index contributed by atoms with van der Waals surface area (Å²) >= 11 is 8.39. The lowest BCUT2D eigenvalue weighted by atomic mass is 10.2. The van der Waals surface area contributed by atoms with Gasteiger partial charge < -0.3 is 10.5 Å². The van der Waals surface area contributed by atoms with E-state index in [1.165, 1.54) is 12.1 Å². The van der Waals surface area contributed by atoms with E-state index in [0.29, 0.717) is 5.56 Å². The first-order chi connectivity index (χ1) is 6.83. The van der Waals surface area contributed by atoms with Gasteiger partial charge in [0.05, 0.1) is 4.47 Å². The second kappa shape index (κ2) is 4.49. The fraction of sp³-hybridized carbons (Fsp3) is 0.250. The minimum Gasteiger partial charge on any atom is -0.404 e. The molecule has 0 aliphatic carbocycles. The molecule has 0 amide bonds. The van der Waals surface area contributed by atoms with Crippen LogP contribution in [-0.4, -0.2) is 6.36 Å². The Morgan fingerprint density at radius 1 is 1.40 bits per heavy atom. The Hall–Kier alpha value is -0.620. The third-order valence-corrected chi connectivity index (χ3v) is 2.66. The van der Waals surface area contributed by atoms with Crippen molar-refractivity contribution in [1.82, 2.24) is 0 Å². The maximum absolute atomic E-state index is 12.0. The van der Waals surface area contributed by atoms with Crippen LogP contribution in [0.5, 0.6) is 5.75 Å². The molecule has 0 aromatic heterocycles. The summed E-state index contributed by atoms with van der Waals surface area (Å²) in [5, 5.41) is 0. The van der Waals surface area contributed by atoms with E-state index in [9.17, 15) is 13.2 Å². The van der Waals surface area contributed by atoms with Gasteiger partial charge in [0.1, 0.15) is 5.75 Å².